The number of carbonyl (C=O) groups excluding carboxylic acids is 4. The number of unbranched alkanes of at least 4 members (excludes halogenated alkanes) is 14. The minimum atomic E-state index is -0.870. The van der Waals surface area contributed by atoms with Crippen LogP contribution in [0.1, 0.15) is 135 Å². The molecule has 2 atom stereocenters. The molecule has 0 aromatic heterocycles. The van der Waals surface area contributed by atoms with Crippen LogP contribution in [0.5, 0.6) is 0 Å². The van der Waals surface area contributed by atoms with Gasteiger partial charge in [-0.25, -0.2) is 0 Å². The number of carboxylic acids is 2. The Balaban J connectivity index is -0.000000509. The number of nitrogens with one attached hydrogen (secondary N) is 2. The molecule has 0 rings (SSSR count). The Bertz CT molecular complexity index is 783. The molecule has 0 aliphatic heterocycles. The molecule has 0 spiro atoms. The SMILES string of the molecule is CCCCNC(=O)CCC(CCCCCCCCCCCCCCCCC(=O)O)C(=O)O.NC=O.O=CNC(CO)C(=O)S.O=CO. The molecule has 0 radical (unpaired) electrons. The molecule has 15 heteroatoms. The Kier molecular flexibility index (Phi) is 46.1. The summed E-state index contributed by atoms with van der Waals surface area (Å²) < 4.78 is 0. The molecule has 0 aromatic rings. The fraction of sp³-hybridized carbons (Fsp3) is 0.781. The number of carbonyl (C=O) groups is 7. The zero-order valence-corrected chi connectivity index (χ0v) is 29.0. The Morgan fingerprint density at radius 3 is 1.49 bits per heavy atom. The van der Waals surface area contributed by atoms with Gasteiger partial charge in [-0.3, -0.25) is 33.6 Å². The summed E-state index contributed by atoms with van der Waals surface area (Å²) in [6.07, 6.45) is 20.6. The quantitative estimate of drug-likeness (QED) is 0.0329. The molecule has 0 saturated heterocycles. The molecule has 0 heterocycles. The van der Waals surface area contributed by atoms with Crippen LogP contribution in [0.2, 0.25) is 0 Å². The number of primary amides is 1. The highest BCUT2D eigenvalue weighted by molar-refractivity contribution is 7.96. The summed E-state index contributed by atoms with van der Waals surface area (Å²) >= 11 is 3.39. The number of hydrogen-bond acceptors (Lipinski definition) is 8. The van der Waals surface area contributed by atoms with E-state index in [-0.39, 0.29) is 18.8 Å². The van der Waals surface area contributed by atoms with Crippen LogP contribution in [0.3, 0.4) is 0 Å². The lowest BCUT2D eigenvalue weighted by Crippen LogP contribution is -2.36. The molecule has 2 unspecified atom stereocenters. The van der Waals surface area contributed by atoms with Gasteiger partial charge in [-0.05, 0) is 25.7 Å². The Morgan fingerprint density at radius 2 is 1.17 bits per heavy atom. The Labute approximate surface area is 285 Å². The molecule has 0 bridgehead atoms. The van der Waals surface area contributed by atoms with Crippen LogP contribution in [0, 0.1) is 5.92 Å². The van der Waals surface area contributed by atoms with Crippen molar-refractivity contribution in [3.63, 3.8) is 0 Å². The predicted octanol–water partition coefficient (Wildman–Crippen LogP) is 4.06. The van der Waals surface area contributed by atoms with Crippen molar-refractivity contribution in [2.45, 2.75) is 141 Å². The van der Waals surface area contributed by atoms with Crippen LogP contribution in [-0.2, 0) is 33.6 Å². The van der Waals surface area contributed by atoms with Gasteiger partial charge in [0.1, 0.15) is 6.04 Å². The summed E-state index contributed by atoms with van der Waals surface area (Å²) in [5.41, 5.74) is 4.17. The van der Waals surface area contributed by atoms with E-state index in [0.717, 1.165) is 44.9 Å². The number of amides is 3. The van der Waals surface area contributed by atoms with Crippen LogP contribution >= 0.6 is 12.6 Å². The van der Waals surface area contributed by atoms with Gasteiger partial charge in [-0.1, -0.05) is 96.8 Å². The number of thiol groups is 1. The first kappa shape index (κ1) is 50.7. The average molecular weight is 696 g/mol. The van der Waals surface area contributed by atoms with E-state index in [2.05, 4.69) is 35.9 Å². The highest BCUT2D eigenvalue weighted by Crippen LogP contribution is 2.18. The highest BCUT2D eigenvalue weighted by Gasteiger charge is 2.18. The highest BCUT2D eigenvalue weighted by atomic mass is 32.1. The van der Waals surface area contributed by atoms with Crippen molar-refractivity contribution in [1.29, 1.82) is 0 Å². The van der Waals surface area contributed by atoms with Crippen molar-refractivity contribution in [2.24, 2.45) is 11.7 Å². The van der Waals surface area contributed by atoms with Gasteiger partial charge in [0.25, 0.3) is 6.47 Å². The molecule has 0 aromatic carbocycles. The predicted molar refractivity (Wildman–Crippen MR) is 183 cm³/mol. The first-order valence-corrected chi connectivity index (χ1v) is 16.9. The van der Waals surface area contributed by atoms with Crippen LogP contribution < -0.4 is 16.4 Å². The number of aliphatic carboxylic acids is 2. The maximum Gasteiger partial charge on any atom is 0.306 e. The molecule has 3 amide bonds. The third-order valence-electron chi connectivity index (χ3n) is 6.86. The minimum absolute atomic E-state index is 0.0274. The van der Waals surface area contributed by atoms with Crippen molar-refractivity contribution >= 4 is 54.9 Å². The maximum absolute atomic E-state index is 11.8. The second kappa shape index (κ2) is 42.8. The number of rotatable bonds is 28. The summed E-state index contributed by atoms with van der Waals surface area (Å²) in [6, 6.07) is -0.870. The Morgan fingerprint density at radius 1 is 0.745 bits per heavy atom. The third-order valence-corrected chi connectivity index (χ3v) is 7.18. The number of hydrogen-bond donors (Lipinski definition) is 8. The average Bonchev–Trinajstić information content (AvgIpc) is 3.01. The molecule has 0 fully saturated rings. The van der Waals surface area contributed by atoms with Crippen molar-refractivity contribution in [2.75, 3.05) is 13.2 Å². The first-order chi connectivity index (χ1) is 22.5. The molecular formula is C32H61N3O11S. The summed E-state index contributed by atoms with van der Waals surface area (Å²) in [5.74, 6) is -1.88. The largest absolute Gasteiger partial charge is 0.483 e. The van der Waals surface area contributed by atoms with Crippen LogP contribution in [0.25, 0.3) is 0 Å². The van der Waals surface area contributed by atoms with Crippen LogP contribution in [0.15, 0.2) is 0 Å². The Hall–Kier alpha value is -3.20. The zero-order chi connectivity index (χ0) is 36.6. The van der Waals surface area contributed by atoms with Gasteiger partial charge in [-0.15, -0.1) is 12.6 Å². The van der Waals surface area contributed by atoms with Crippen molar-refractivity contribution < 1.29 is 54.0 Å². The minimum Gasteiger partial charge on any atom is -0.483 e. The molecule has 14 nitrogen and oxygen atoms in total. The van der Waals surface area contributed by atoms with E-state index in [0.29, 0.717) is 38.6 Å². The van der Waals surface area contributed by atoms with Gasteiger partial charge in [-0.2, -0.15) is 0 Å². The summed E-state index contributed by atoms with van der Waals surface area (Å²) in [4.78, 5) is 70.5. The maximum atomic E-state index is 11.8. The van der Waals surface area contributed by atoms with Gasteiger partial charge in [0.15, 0.2) is 0 Å². The van der Waals surface area contributed by atoms with E-state index in [4.69, 9.17) is 24.9 Å². The summed E-state index contributed by atoms with van der Waals surface area (Å²) in [5, 5.41) is 37.6. The second-order valence-electron chi connectivity index (χ2n) is 10.8. The molecular weight excluding hydrogens is 634 g/mol. The topological polar surface area (TPSA) is 250 Å². The van der Waals surface area contributed by atoms with E-state index in [1.807, 2.05) is 0 Å². The summed E-state index contributed by atoms with van der Waals surface area (Å²) in [6.45, 7) is 2.09. The monoisotopic (exact) mass is 695 g/mol. The smallest absolute Gasteiger partial charge is 0.306 e. The van der Waals surface area contributed by atoms with Gasteiger partial charge in [0.2, 0.25) is 23.8 Å². The molecule has 47 heavy (non-hydrogen) atoms. The lowest BCUT2D eigenvalue weighted by molar-refractivity contribution is -0.142. The number of aliphatic hydroxyl groups excluding tert-OH is 1. The lowest BCUT2D eigenvalue weighted by atomic mass is 9.95. The molecule has 276 valence electrons. The van der Waals surface area contributed by atoms with Gasteiger partial charge >= 0.3 is 11.9 Å². The first-order valence-electron chi connectivity index (χ1n) is 16.5. The van der Waals surface area contributed by atoms with E-state index in [1.165, 1.54) is 57.8 Å². The fourth-order valence-corrected chi connectivity index (χ4v) is 4.42. The van der Waals surface area contributed by atoms with Crippen molar-refractivity contribution in [3.8, 4) is 0 Å². The normalized spacial score (nSPS) is 11.0. The number of aliphatic hydroxyl groups is 1. The van der Waals surface area contributed by atoms with Crippen LogP contribution in [-0.4, -0.2) is 81.9 Å². The van der Waals surface area contributed by atoms with Gasteiger partial charge in [0, 0.05) is 19.4 Å². The van der Waals surface area contributed by atoms with Gasteiger partial charge in [0.05, 0.1) is 12.5 Å². The van der Waals surface area contributed by atoms with Gasteiger partial charge < -0.3 is 36.8 Å². The molecule has 0 aliphatic rings. The van der Waals surface area contributed by atoms with E-state index in [1.54, 1.807) is 0 Å². The van der Waals surface area contributed by atoms with Crippen molar-refractivity contribution in [3.05, 3.63) is 0 Å². The van der Waals surface area contributed by atoms with Crippen molar-refractivity contribution in [1.82, 2.24) is 10.6 Å². The molecule has 0 saturated carbocycles. The van der Waals surface area contributed by atoms with E-state index in [9.17, 15) is 29.1 Å². The summed E-state index contributed by atoms with van der Waals surface area (Å²) in [7, 11) is 0. The number of nitrogens with two attached hydrogens (primary N) is 1. The number of carboxylic acid groups (broad SMARTS) is 3. The third kappa shape index (κ3) is 47.3. The molecule has 0 aliphatic carbocycles. The fourth-order valence-electron chi connectivity index (χ4n) is 4.26. The van der Waals surface area contributed by atoms with E-state index < -0.39 is 35.6 Å². The molecule has 8 N–H and O–H groups in total. The lowest BCUT2D eigenvalue weighted by Gasteiger charge is -2.12. The van der Waals surface area contributed by atoms with E-state index >= 15 is 0 Å². The van der Waals surface area contributed by atoms with Crippen LogP contribution in [0.4, 0.5) is 0 Å². The second-order valence-corrected chi connectivity index (χ2v) is 11.2. The standard InChI is InChI=1S/C26H49NO5.C4H7NO3S.CH3NO.CH2O2/c1-2-3-22-27-24(28)21-20-23(26(31)32)18-16-14-12-10-8-6-4-5-7-9-11-13-15-17-19-25(29)30;6-1-3(4(8)9)5-2-7;2*2-1-3/h23H,2-22H2,1H3,(H,27,28)(H,29,30)(H,31,32);2-3,6H,1H2,(H,5,7)(H,8,9);1H,(H2,2,3);1H,(H,2,3). The zero-order valence-electron chi connectivity index (χ0n) is 28.1.